The van der Waals surface area contributed by atoms with Gasteiger partial charge in [0.05, 0.1) is 0 Å². The van der Waals surface area contributed by atoms with Gasteiger partial charge < -0.3 is 25.3 Å². The van der Waals surface area contributed by atoms with Crippen LogP contribution in [0.4, 0.5) is 10.5 Å². The van der Waals surface area contributed by atoms with Crippen LogP contribution in [-0.4, -0.2) is 103 Å². The van der Waals surface area contributed by atoms with E-state index in [4.69, 9.17) is 19.9 Å². The van der Waals surface area contributed by atoms with E-state index >= 15 is 0 Å². The van der Waals surface area contributed by atoms with E-state index in [0.29, 0.717) is 33.0 Å². The summed E-state index contributed by atoms with van der Waals surface area (Å²) < 4.78 is 54.5. The molecule has 3 amide bonds. The van der Waals surface area contributed by atoms with Crippen LogP contribution in [0.3, 0.4) is 0 Å². The zero-order valence-electron chi connectivity index (χ0n) is 37.0. The second-order valence-corrected chi connectivity index (χ2v) is 19.4. The monoisotopic (exact) mass is 1000 g/mol. The van der Waals surface area contributed by atoms with Crippen molar-refractivity contribution in [1.82, 2.24) is 30.4 Å². The number of nitrogens with two attached hydrogens (primary N) is 1. The van der Waals surface area contributed by atoms with E-state index in [2.05, 4.69) is 26.2 Å². The number of hydrogen-bond donors (Lipinski definition) is 4. The van der Waals surface area contributed by atoms with E-state index in [-0.39, 0.29) is 28.5 Å². The van der Waals surface area contributed by atoms with Gasteiger partial charge in [0.2, 0.25) is 11.1 Å². The summed E-state index contributed by atoms with van der Waals surface area (Å²) >= 11 is 2.47. The van der Waals surface area contributed by atoms with E-state index in [1.807, 2.05) is 72.8 Å². The Morgan fingerprint density at radius 3 is 1.83 bits per heavy atom. The number of amides is 3. The Morgan fingerprint density at radius 2 is 1.33 bits per heavy atom. The Morgan fingerprint density at radius 1 is 0.800 bits per heavy atom. The molecule has 1 unspecified atom stereocenters. The number of rotatable bonds is 18. The number of ether oxygens (including phenoxy) is 3. The minimum Gasteiger partial charge on any atom is -0.451 e. The molecule has 0 bridgehead atoms. The summed E-state index contributed by atoms with van der Waals surface area (Å²) in [6.45, 7) is -0.554. The number of carbonyl (C=O) groups is 5. The zero-order chi connectivity index (χ0) is 49.4. The number of tetrazole rings is 1. The number of benzene rings is 5. The summed E-state index contributed by atoms with van der Waals surface area (Å²) in [5, 5.41) is 13.8. The highest BCUT2D eigenvalue weighted by molar-refractivity contribution is 8.01. The number of fused-ring (bicyclic) bond motifs is 1. The second-order valence-electron chi connectivity index (χ2n) is 15.8. The summed E-state index contributed by atoms with van der Waals surface area (Å²) in [5.41, 5.74) is 9.21. The molecule has 0 spiro atoms. The Bertz CT molecular complexity index is 2910. The largest absolute Gasteiger partial charge is 0.451 e. The zero-order valence-corrected chi connectivity index (χ0v) is 39.5. The molecule has 1 saturated heterocycles. The predicted molar refractivity (Wildman–Crippen MR) is 257 cm³/mol. The number of nitrogens with one attached hydrogen (secondary N) is 2. The third kappa shape index (κ3) is 11.4. The molecule has 1 aromatic heterocycles. The van der Waals surface area contributed by atoms with Crippen LogP contribution in [0.15, 0.2) is 162 Å². The quantitative estimate of drug-likeness (QED) is 0.0286. The van der Waals surface area contributed by atoms with Crippen LogP contribution in [0.2, 0.25) is 0 Å². The standard InChI is InChI=1S/C48H44N8O11S3/c1-55-47(52-53-54-55)69-28-34-27-68-44-37(43(58)56(44)38(34)46(60)67-40(31-18-10-4-11-19-31)32-20-12-5-13-21-32)51-42(57)41(70(62,63)64)33-22-24-35(25-23-33)50-48(61)65-26-36(49)45(59)66-39(29-14-6-2-7-15-29)30-16-8-3-9-17-30/h2-25,36-37,39-41,44H,26-28,49H2,1H3,(H,50,61)(H,51,57)(H,62,63,64)/t36?,37-,41-,44-/m1/s1. The fraction of sp³-hybridized carbons (Fsp3) is 0.208. The number of hydrogen-bond acceptors (Lipinski definition) is 16. The lowest BCUT2D eigenvalue weighted by Gasteiger charge is -2.50. The van der Waals surface area contributed by atoms with Crippen LogP contribution in [0.25, 0.3) is 0 Å². The van der Waals surface area contributed by atoms with E-state index in [9.17, 15) is 36.9 Å². The first kappa shape index (κ1) is 49.1. The van der Waals surface area contributed by atoms with Gasteiger partial charge in [-0.3, -0.25) is 29.2 Å². The summed E-state index contributed by atoms with van der Waals surface area (Å²) in [6.07, 6.45) is -2.63. The summed E-state index contributed by atoms with van der Waals surface area (Å²) in [4.78, 5) is 69.3. The van der Waals surface area contributed by atoms with Crippen molar-refractivity contribution in [2.24, 2.45) is 12.8 Å². The first-order valence-corrected chi connectivity index (χ1v) is 25.0. The van der Waals surface area contributed by atoms with E-state index in [0.717, 1.165) is 0 Å². The molecule has 0 saturated carbocycles. The van der Waals surface area contributed by atoms with Gasteiger partial charge in [0.15, 0.2) is 17.5 Å². The van der Waals surface area contributed by atoms with Crippen LogP contribution in [-0.2, 0) is 50.6 Å². The van der Waals surface area contributed by atoms with Gasteiger partial charge in [-0.15, -0.1) is 16.9 Å². The first-order chi connectivity index (χ1) is 33.8. The van der Waals surface area contributed by atoms with Crippen molar-refractivity contribution in [3.05, 3.63) is 185 Å². The third-order valence-corrected chi connectivity index (χ3v) is 14.6. The van der Waals surface area contributed by atoms with Crippen LogP contribution in [0.1, 0.15) is 45.3 Å². The van der Waals surface area contributed by atoms with Crippen molar-refractivity contribution in [3.63, 3.8) is 0 Å². The van der Waals surface area contributed by atoms with Gasteiger partial charge in [-0.2, -0.15) is 8.42 Å². The first-order valence-electron chi connectivity index (χ1n) is 21.5. The summed E-state index contributed by atoms with van der Waals surface area (Å²) in [6, 6.07) is 38.5. The number of thioether (sulfide) groups is 2. The minimum absolute atomic E-state index is 0.0339. The number of aromatic nitrogens is 4. The molecule has 0 aliphatic carbocycles. The molecule has 1 fully saturated rings. The van der Waals surface area contributed by atoms with Crippen molar-refractivity contribution >= 4 is 69.2 Å². The molecule has 70 heavy (non-hydrogen) atoms. The topological polar surface area (TPSA) is 264 Å². The maximum absolute atomic E-state index is 14.4. The maximum Gasteiger partial charge on any atom is 0.411 e. The number of β-lactam (4-membered cyclic amide) rings is 1. The van der Waals surface area contributed by atoms with Crippen LogP contribution < -0.4 is 16.4 Å². The van der Waals surface area contributed by atoms with Gasteiger partial charge in [0.1, 0.15) is 29.8 Å². The Labute approximate surface area is 409 Å². The van der Waals surface area contributed by atoms with E-state index in [1.165, 1.54) is 57.4 Å². The molecule has 4 atom stereocenters. The lowest BCUT2D eigenvalue weighted by molar-refractivity contribution is -0.154. The molecular weight excluding hydrogens is 961 g/mol. The average Bonchev–Trinajstić information content (AvgIpc) is 3.79. The molecule has 0 radical (unpaired) electrons. The average molecular weight is 1010 g/mol. The molecule has 6 aromatic rings. The molecule has 8 rings (SSSR count). The lowest BCUT2D eigenvalue weighted by atomic mass is 10.0. The molecule has 2 aliphatic rings. The Kier molecular flexibility index (Phi) is 15.4. The smallest absolute Gasteiger partial charge is 0.411 e. The number of aryl methyl sites for hydroxylation is 1. The van der Waals surface area contributed by atoms with Crippen molar-refractivity contribution in [2.75, 3.05) is 23.4 Å². The van der Waals surface area contributed by atoms with Crippen molar-refractivity contribution in [1.29, 1.82) is 0 Å². The molecule has 2 aliphatic heterocycles. The van der Waals surface area contributed by atoms with Crippen molar-refractivity contribution in [3.8, 4) is 0 Å². The van der Waals surface area contributed by atoms with Crippen LogP contribution in [0.5, 0.6) is 0 Å². The molecule has 5 N–H and O–H groups in total. The Balaban J connectivity index is 0.920. The fourth-order valence-electron chi connectivity index (χ4n) is 7.63. The number of nitrogens with zero attached hydrogens (tertiary/aromatic N) is 5. The summed E-state index contributed by atoms with van der Waals surface area (Å²) in [7, 11) is -3.49. The van der Waals surface area contributed by atoms with Gasteiger partial charge >= 0.3 is 18.0 Å². The van der Waals surface area contributed by atoms with E-state index in [1.54, 1.807) is 55.6 Å². The highest BCUT2D eigenvalue weighted by Crippen LogP contribution is 2.43. The Hall–Kier alpha value is -7.37. The number of esters is 2. The van der Waals surface area contributed by atoms with Gasteiger partial charge in [0, 0.05) is 24.2 Å². The van der Waals surface area contributed by atoms with Crippen molar-refractivity contribution < 1.29 is 51.2 Å². The van der Waals surface area contributed by atoms with Crippen molar-refractivity contribution in [2.45, 2.75) is 40.1 Å². The molecule has 360 valence electrons. The molecule has 5 aromatic carbocycles. The van der Waals surface area contributed by atoms with Gasteiger partial charge in [-0.1, -0.05) is 145 Å². The highest BCUT2D eigenvalue weighted by Gasteiger charge is 2.55. The maximum atomic E-state index is 14.4. The minimum atomic E-state index is -5.15. The molecule has 19 nitrogen and oxygen atoms in total. The molecule has 3 heterocycles. The SMILES string of the molecule is Cn1nnnc1SCC1=C(C(=O)OC(c2ccccc2)c2ccccc2)N2C(=O)[C@@H](NC(=O)[C@@H](c3ccc(NC(=O)OCC(N)C(=O)OC(c4ccccc4)c4ccccc4)cc3)S(=O)(=O)O)[C@H]2SC1. The summed E-state index contributed by atoms with van der Waals surface area (Å²) in [5.74, 6) is -3.16. The predicted octanol–water partition coefficient (Wildman–Crippen LogP) is 5.13. The second kappa shape index (κ2) is 21.9. The lowest BCUT2D eigenvalue weighted by Crippen LogP contribution is -2.71. The van der Waals surface area contributed by atoms with E-state index < -0.39 is 81.5 Å². The van der Waals surface area contributed by atoms with Gasteiger partial charge in [-0.05, 0) is 55.9 Å². The normalized spacial score (nSPS) is 16.4. The van der Waals surface area contributed by atoms with Gasteiger partial charge in [0.25, 0.3) is 16.0 Å². The number of carbonyl (C=O) groups excluding carboxylic acids is 5. The van der Waals surface area contributed by atoms with Gasteiger partial charge in [-0.25, -0.2) is 14.3 Å². The molecular formula is C48H44N8O11S3. The van der Waals surface area contributed by atoms with Crippen LogP contribution >= 0.6 is 23.5 Å². The fourth-order valence-corrected chi connectivity index (χ4v) is 10.8. The third-order valence-electron chi connectivity index (χ3n) is 11.1. The number of anilines is 1. The molecule has 22 heteroatoms. The highest BCUT2D eigenvalue weighted by atomic mass is 32.2. The van der Waals surface area contributed by atoms with Crippen LogP contribution in [0, 0.1) is 0 Å².